The first-order valence-corrected chi connectivity index (χ1v) is 7.43. The molecule has 0 atom stereocenters. The number of hydrogen-bond acceptors (Lipinski definition) is 3. The molecule has 0 aromatic heterocycles. The molecule has 0 saturated carbocycles. The van der Waals surface area contributed by atoms with Crippen LogP contribution in [0.2, 0.25) is 0 Å². The summed E-state index contributed by atoms with van der Waals surface area (Å²) in [6.45, 7) is 4.13. The Bertz CT molecular complexity index is 451. The van der Waals surface area contributed by atoms with Gasteiger partial charge < -0.3 is 15.4 Å². The van der Waals surface area contributed by atoms with Crippen LogP contribution in [-0.4, -0.2) is 38.8 Å². The van der Waals surface area contributed by atoms with Crippen molar-refractivity contribution in [3.05, 3.63) is 35.9 Å². The lowest BCUT2D eigenvalue weighted by Gasteiger charge is -2.37. The molecule has 2 aliphatic heterocycles. The Hall–Kier alpha value is -1.39. The molecule has 20 heavy (non-hydrogen) atoms. The van der Waals surface area contributed by atoms with E-state index in [1.807, 2.05) is 18.2 Å². The van der Waals surface area contributed by atoms with Gasteiger partial charge >= 0.3 is 0 Å². The van der Waals surface area contributed by atoms with Gasteiger partial charge in [0.1, 0.15) is 0 Å². The van der Waals surface area contributed by atoms with E-state index >= 15 is 0 Å². The molecule has 0 unspecified atom stereocenters. The monoisotopic (exact) mass is 274 g/mol. The summed E-state index contributed by atoms with van der Waals surface area (Å²) in [6.07, 6.45) is 1.54. The highest BCUT2D eigenvalue weighted by Gasteiger charge is 2.41. The van der Waals surface area contributed by atoms with Gasteiger partial charge in [0.2, 0.25) is 5.91 Å². The van der Waals surface area contributed by atoms with E-state index in [0.29, 0.717) is 19.1 Å². The van der Waals surface area contributed by atoms with Crippen molar-refractivity contribution in [3.8, 4) is 0 Å². The Morgan fingerprint density at radius 1 is 1.25 bits per heavy atom. The maximum absolute atomic E-state index is 12.8. The van der Waals surface area contributed by atoms with Crippen LogP contribution in [0.5, 0.6) is 0 Å². The minimum Gasteiger partial charge on any atom is -0.381 e. The highest BCUT2D eigenvalue weighted by atomic mass is 16.5. The van der Waals surface area contributed by atoms with Crippen molar-refractivity contribution < 1.29 is 9.53 Å². The summed E-state index contributed by atoms with van der Waals surface area (Å²) >= 11 is 0. The summed E-state index contributed by atoms with van der Waals surface area (Å²) < 4.78 is 5.46. The zero-order chi connectivity index (χ0) is 13.8. The maximum Gasteiger partial charge on any atom is 0.230 e. The summed E-state index contributed by atoms with van der Waals surface area (Å²) in [4.78, 5) is 12.8. The maximum atomic E-state index is 12.8. The number of benzene rings is 1. The second-order valence-electron chi connectivity index (χ2n) is 5.79. The van der Waals surface area contributed by atoms with E-state index < -0.39 is 5.41 Å². The van der Waals surface area contributed by atoms with Gasteiger partial charge in [-0.15, -0.1) is 0 Å². The molecule has 3 rings (SSSR count). The van der Waals surface area contributed by atoms with Crippen molar-refractivity contribution in [2.24, 2.45) is 5.92 Å². The summed E-state index contributed by atoms with van der Waals surface area (Å²) in [7, 11) is 0. The molecule has 2 heterocycles. The molecule has 2 N–H and O–H groups in total. The number of carbonyl (C=O) groups excluding carboxylic acids is 1. The number of amides is 1. The van der Waals surface area contributed by atoms with E-state index in [-0.39, 0.29) is 5.91 Å². The van der Waals surface area contributed by atoms with Crippen molar-refractivity contribution in [2.75, 3.05) is 32.8 Å². The lowest BCUT2D eigenvalue weighted by atomic mass is 9.73. The highest BCUT2D eigenvalue weighted by Crippen LogP contribution is 2.35. The zero-order valence-electron chi connectivity index (χ0n) is 11.7. The van der Waals surface area contributed by atoms with Crippen LogP contribution in [0.25, 0.3) is 0 Å². The van der Waals surface area contributed by atoms with Gasteiger partial charge in [-0.05, 0) is 18.4 Å². The van der Waals surface area contributed by atoms with Crippen LogP contribution in [0.1, 0.15) is 18.4 Å². The van der Waals surface area contributed by atoms with Crippen molar-refractivity contribution in [2.45, 2.75) is 18.3 Å². The first-order valence-electron chi connectivity index (χ1n) is 7.43. The normalized spacial score (nSPS) is 22.0. The molecule has 4 heteroatoms. The third-order valence-electron chi connectivity index (χ3n) is 4.52. The largest absolute Gasteiger partial charge is 0.381 e. The second kappa shape index (κ2) is 5.94. The molecule has 0 radical (unpaired) electrons. The Labute approximate surface area is 119 Å². The lowest BCUT2D eigenvalue weighted by molar-refractivity contribution is -0.130. The Morgan fingerprint density at radius 3 is 2.55 bits per heavy atom. The van der Waals surface area contributed by atoms with Gasteiger partial charge in [-0.1, -0.05) is 30.3 Å². The van der Waals surface area contributed by atoms with Crippen LogP contribution in [0.4, 0.5) is 0 Å². The quantitative estimate of drug-likeness (QED) is 0.863. The fraction of sp³-hybridized carbons (Fsp3) is 0.562. The number of rotatable bonds is 4. The Kier molecular flexibility index (Phi) is 4.03. The van der Waals surface area contributed by atoms with Crippen LogP contribution < -0.4 is 10.6 Å². The third kappa shape index (κ3) is 2.58. The van der Waals surface area contributed by atoms with Gasteiger partial charge in [-0.3, -0.25) is 4.79 Å². The van der Waals surface area contributed by atoms with Gasteiger partial charge in [-0.2, -0.15) is 0 Å². The Morgan fingerprint density at radius 2 is 1.95 bits per heavy atom. The molecule has 0 bridgehead atoms. The van der Waals surface area contributed by atoms with Crippen LogP contribution in [-0.2, 0) is 14.9 Å². The van der Waals surface area contributed by atoms with E-state index in [4.69, 9.17) is 4.74 Å². The van der Waals surface area contributed by atoms with E-state index in [2.05, 4.69) is 22.8 Å². The third-order valence-corrected chi connectivity index (χ3v) is 4.52. The van der Waals surface area contributed by atoms with E-state index in [9.17, 15) is 4.79 Å². The van der Waals surface area contributed by atoms with Gasteiger partial charge in [0.25, 0.3) is 0 Å². The summed E-state index contributed by atoms with van der Waals surface area (Å²) in [5, 5.41) is 6.39. The van der Waals surface area contributed by atoms with Gasteiger partial charge in [0.05, 0.1) is 5.41 Å². The molecule has 0 spiro atoms. The fourth-order valence-electron chi connectivity index (χ4n) is 3.02. The number of hydrogen-bond donors (Lipinski definition) is 2. The Balaban J connectivity index is 1.76. The predicted molar refractivity (Wildman–Crippen MR) is 77.5 cm³/mol. The van der Waals surface area contributed by atoms with E-state index in [1.54, 1.807) is 0 Å². The highest BCUT2D eigenvalue weighted by molar-refractivity contribution is 5.88. The molecule has 2 saturated heterocycles. The number of nitrogens with one attached hydrogen (secondary N) is 2. The molecule has 0 aliphatic carbocycles. The summed E-state index contributed by atoms with van der Waals surface area (Å²) in [6, 6.07) is 10.1. The molecule has 1 aromatic carbocycles. The first-order chi connectivity index (χ1) is 9.81. The molecule has 1 aromatic rings. The minimum atomic E-state index is -0.406. The molecular weight excluding hydrogens is 252 g/mol. The fourth-order valence-corrected chi connectivity index (χ4v) is 3.02. The van der Waals surface area contributed by atoms with Crippen LogP contribution >= 0.6 is 0 Å². The van der Waals surface area contributed by atoms with E-state index in [0.717, 1.165) is 38.0 Å². The van der Waals surface area contributed by atoms with Gasteiger partial charge in [-0.25, -0.2) is 0 Å². The smallest absolute Gasteiger partial charge is 0.230 e. The van der Waals surface area contributed by atoms with Crippen LogP contribution in [0.3, 0.4) is 0 Å². The molecule has 108 valence electrons. The topological polar surface area (TPSA) is 50.4 Å². The van der Waals surface area contributed by atoms with Crippen LogP contribution in [0, 0.1) is 5.92 Å². The average Bonchev–Trinajstić information content (AvgIpc) is 2.47. The van der Waals surface area contributed by atoms with Crippen molar-refractivity contribution in [1.29, 1.82) is 0 Å². The predicted octanol–water partition coefficient (Wildman–Crippen LogP) is 1.07. The average molecular weight is 274 g/mol. The molecular formula is C16H22N2O2. The number of ether oxygens (including phenoxy) is 1. The lowest BCUT2D eigenvalue weighted by Crippen LogP contribution is -2.53. The second-order valence-corrected chi connectivity index (χ2v) is 5.79. The van der Waals surface area contributed by atoms with Crippen molar-refractivity contribution in [3.63, 3.8) is 0 Å². The zero-order valence-corrected chi connectivity index (χ0v) is 11.7. The van der Waals surface area contributed by atoms with E-state index in [1.165, 1.54) is 0 Å². The van der Waals surface area contributed by atoms with Gasteiger partial charge in [0.15, 0.2) is 0 Å². The minimum absolute atomic E-state index is 0.166. The molecule has 2 fully saturated rings. The van der Waals surface area contributed by atoms with Crippen molar-refractivity contribution in [1.82, 2.24) is 10.6 Å². The molecule has 2 aliphatic rings. The summed E-state index contributed by atoms with van der Waals surface area (Å²) in [5.74, 6) is 0.755. The van der Waals surface area contributed by atoms with Gasteiger partial charge in [0, 0.05) is 38.8 Å². The molecule has 1 amide bonds. The van der Waals surface area contributed by atoms with Crippen molar-refractivity contribution >= 4 is 5.91 Å². The standard InChI is InChI=1S/C16H22N2O2/c19-15(18-12-13-10-17-11-13)16(6-8-20-9-7-16)14-4-2-1-3-5-14/h1-5,13,17H,6-12H2,(H,18,19). The molecule has 4 nitrogen and oxygen atoms in total. The first kappa shape index (κ1) is 13.6. The van der Waals surface area contributed by atoms with Crippen LogP contribution in [0.15, 0.2) is 30.3 Å². The SMILES string of the molecule is O=C(NCC1CNC1)C1(c2ccccc2)CCOCC1. The summed E-state index contributed by atoms with van der Waals surface area (Å²) in [5.41, 5.74) is 0.712. The number of carbonyl (C=O) groups is 1.